The highest BCUT2D eigenvalue weighted by Gasteiger charge is 2.47. The third kappa shape index (κ3) is 5.91. The molecule has 202 valence electrons. The van der Waals surface area contributed by atoms with Crippen molar-refractivity contribution >= 4 is 5.91 Å². The molecule has 1 aromatic carbocycles. The number of nitriles is 1. The third-order valence-electron chi connectivity index (χ3n) is 7.27. The van der Waals surface area contributed by atoms with E-state index in [1.165, 1.54) is 12.1 Å². The van der Waals surface area contributed by atoms with E-state index >= 15 is 4.39 Å². The molecule has 0 bridgehead atoms. The quantitative estimate of drug-likeness (QED) is 0.419. The van der Waals surface area contributed by atoms with E-state index < -0.39 is 48.0 Å². The Hall–Kier alpha value is -3.09. The van der Waals surface area contributed by atoms with Crippen molar-refractivity contribution in [2.24, 2.45) is 16.7 Å². The molecule has 0 saturated heterocycles. The van der Waals surface area contributed by atoms with Gasteiger partial charge in [0.25, 0.3) is 5.91 Å². The fourth-order valence-electron chi connectivity index (χ4n) is 4.59. The molecule has 0 radical (unpaired) electrons. The number of carbonyl (C=O) groups is 1. The summed E-state index contributed by atoms with van der Waals surface area (Å²) < 4.78 is 84.8. The Bertz CT molecular complexity index is 1270. The summed E-state index contributed by atoms with van der Waals surface area (Å²) in [5.74, 6) is -1.75. The van der Waals surface area contributed by atoms with Crippen LogP contribution in [0, 0.1) is 34.0 Å². The number of nitrogens with zero attached hydrogens (tertiary/aromatic N) is 3. The van der Waals surface area contributed by atoms with Crippen molar-refractivity contribution in [3.05, 3.63) is 41.2 Å². The molecule has 1 N–H and O–H groups in total. The first-order chi connectivity index (χ1) is 18.4. The van der Waals surface area contributed by atoms with Crippen LogP contribution < -0.4 is 10.1 Å². The molecule has 10 heteroatoms. The average molecular weight is 526 g/mol. The molecule has 1 saturated carbocycles. The lowest BCUT2D eigenvalue weighted by Crippen LogP contribution is -2.39. The predicted molar refractivity (Wildman–Crippen MR) is 131 cm³/mol. The van der Waals surface area contributed by atoms with E-state index in [9.17, 15) is 23.2 Å². The lowest BCUT2D eigenvalue weighted by atomic mass is 9.72. The second-order valence-corrected chi connectivity index (χ2v) is 10.6. The Morgan fingerprint density at radius 1 is 1.35 bits per heavy atom. The van der Waals surface area contributed by atoms with E-state index in [4.69, 9.17) is 8.85 Å². The number of ether oxygens (including phenoxy) is 1. The summed E-state index contributed by atoms with van der Waals surface area (Å²) >= 11 is 0. The molecule has 0 aliphatic heterocycles. The number of hydrogen-bond donors (Lipinski definition) is 1. The van der Waals surface area contributed by atoms with Crippen LogP contribution in [0.5, 0.6) is 5.75 Å². The molecule has 0 atom stereocenters. The normalized spacial score (nSPS) is 21.9. The highest BCUT2D eigenvalue weighted by molar-refractivity contribution is 5.92. The number of imidazole rings is 1. The summed E-state index contributed by atoms with van der Waals surface area (Å²) in [5.41, 5.74) is -3.42. The van der Waals surface area contributed by atoms with Crippen LogP contribution in [0.1, 0.15) is 79.4 Å². The zero-order valence-corrected chi connectivity index (χ0v) is 21.4. The highest BCUT2D eigenvalue weighted by atomic mass is 19.4. The summed E-state index contributed by atoms with van der Waals surface area (Å²) in [5, 5.41) is 12.4. The Morgan fingerprint density at radius 3 is 2.59 bits per heavy atom. The first kappa shape index (κ1) is 24.3. The number of benzene rings is 1. The molecule has 1 aliphatic rings. The largest absolute Gasteiger partial charge is 0.495 e. The number of amides is 1. The summed E-state index contributed by atoms with van der Waals surface area (Å²) in [7, 11) is -2.99. The Kier molecular flexibility index (Phi) is 7.03. The van der Waals surface area contributed by atoms with Gasteiger partial charge in [0.2, 0.25) is 5.95 Å². The maximum Gasteiger partial charge on any atom is 0.394 e. The minimum Gasteiger partial charge on any atom is -0.495 e. The minimum atomic E-state index is -4.52. The Morgan fingerprint density at radius 2 is 2.03 bits per heavy atom. The van der Waals surface area contributed by atoms with Crippen LogP contribution in [0.2, 0.25) is 0 Å². The lowest BCUT2D eigenvalue weighted by molar-refractivity contribution is -0.211. The summed E-state index contributed by atoms with van der Waals surface area (Å²) in [6.45, 7) is 5.82. The number of aryl methyl sites for hydroxylation is 1. The Balaban J connectivity index is 1.98. The first-order valence-corrected chi connectivity index (χ1v) is 12.3. The third-order valence-corrected chi connectivity index (χ3v) is 7.27. The van der Waals surface area contributed by atoms with Gasteiger partial charge in [-0.05, 0) is 55.7 Å². The Labute approximate surface area is 219 Å². The van der Waals surface area contributed by atoms with Crippen LogP contribution >= 0.6 is 0 Å². The molecule has 2 aromatic rings. The lowest BCUT2D eigenvalue weighted by Gasteiger charge is -2.33. The van der Waals surface area contributed by atoms with E-state index in [0.29, 0.717) is 18.8 Å². The van der Waals surface area contributed by atoms with Crippen molar-refractivity contribution in [1.82, 2.24) is 14.9 Å². The van der Waals surface area contributed by atoms with Gasteiger partial charge in [-0.15, -0.1) is 0 Å². The number of hydrogen-bond acceptors (Lipinski definition) is 4. The van der Waals surface area contributed by atoms with Gasteiger partial charge >= 0.3 is 6.18 Å². The summed E-state index contributed by atoms with van der Waals surface area (Å²) in [4.78, 5) is 17.1. The van der Waals surface area contributed by atoms with E-state index in [1.54, 1.807) is 6.92 Å². The first-order valence-electron chi connectivity index (χ1n) is 13.8. The maximum absolute atomic E-state index is 15.8. The summed E-state index contributed by atoms with van der Waals surface area (Å²) in [6, 6.07) is 6.01. The SMILES string of the molecule is [2H]C([2H])([2H])Oc1cc(CC(C)(C)C(F)(F)F)ccc1-n1c(CC)nc(C(=O)NCC2(C#N)CCC(C)CC2)c1F. The number of alkyl halides is 3. The zero-order chi connectivity index (χ0) is 30.1. The van der Waals surface area contributed by atoms with E-state index in [-0.39, 0.29) is 35.8 Å². The second kappa shape index (κ2) is 10.7. The molecule has 1 amide bonds. The molecule has 1 heterocycles. The van der Waals surface area contributed by atoms with Crippen LogP contribution in [-0.4, -0.2) is 35.2 Å². The van der Waals surface area contributed by atoms with Gasteiger partial charge in [0.15, 0.2) is 5.69 Å². The zero-order valence-electron chi connectivity index (χ0n) is 24.4. The minimum absolute atomic E-state index is 0.0277. The molecule has 6 nitrogen and oxygen atoms in total. The van der Waals surface area contributed by atoms with Gasteiger partial charge in [0, 0.05) is 13.0 Å². The number of methoxy groups -OCH3 is 1. The molecule has 1 aromatic heterocycles. The molecular formula is C27H34F4N4O2. The standard InChI is InChI=1S/C27H34F4N4O2/c1-6-21-34-22(24(36)33-16-26(15-32)11-9-17(2)10-12-26)23(28)35(21)19-8-7-18(13-20(19)37-5)14-25(3,4)27(29,30)31/h7-8,13,17H,6,9-12,14,16H2,1-5H3,(H,33,36)/i5D3. The molecule has 3 rings (SSSR count). The second-order valence-electron chi connectivity index (χ2n) is 10.6. The molecule has 1 fully saturated rings. The van der Waals surface area contributed by atoms with Gasteiger partial charge in [-0.25, -0.2) is 4.98 Å². The fourth-order valence-corrected chi connectivity index (χ4v) is 4.59. The van der Waals surface area contributed by atoms with Crippen molar-refractivity contribution in [1.29, 1.82) is 5.26 Å². The van der Waals surface area contributed by atoms with Gasteiger partial charge in [-0.1, -0.05) is 33.8 Å². The molecule has 0 spiro atoms. The van der Waals surface area contributed by atoms with Crippen molar-refractivity contribution in [2.75, 3.05) is 13.6 Å². The van der Waals surface area contributed by atoms with Gasteiger partial charge in [0.05, 0.1) is 33.7 Å². The van der Waals surface area contributed by atoms with Crippen molar-refractivity contribution < 1.29 is 31.2 Å². The van der Waals surface area contributed by atoms with E-state index in [2.05, 4.69) is 23.3 Å². The van der Waals surface area contributed by atoms with Gasteiger partial charge < -0.3 is 10.1 Å². The maximum atomic E-state index is 15.8. The molecule has 37 heavy (non-hydrogen) atoms. The van der Waals surface area contributed by atoms with Crippen molar-refractivity contribution in [3.63, 3.8) is 0 Å². The van der Waals surface area contributed by atoms with Gasteiger partial charge in [0.1, 0.15) is 11.6 Å². The smallest absolute Gasteiger partial charge is 0.394 e. The van der Waals surface area contributed by atoms with Crippen LogP contribution in [0.15, 0.2) is 18.2 Å². The number of rotatable bonds is 8. The molecule has 0 unspecified atom stereocenters. The summed E-state index contributed by atoms with van der Waals surface area (Å²) in [6.07, 6.45) is -1.96. The van der Waals surface area contributed by atoms with E-state index in [0.717, 1.165) is 37.3 Å². The van der Waals surface area contributed by atoms with Gasteiger partial charge in [-0.2, -0.15) is 22.8 Å². The fraction of sp³-hybridized carbons (Fsp3) is 0.593. The van der Waals surface area contributed by atoms with Crippen LogP contribution in [0.25, 0.3) is 5.69 Å². The van der Waals surface area contributed by atoms with Crippen molar-refractivity contribution in [3.8, 4) is 17.5 Å². The highest BCUT2D eigenvalue weighted by Crippen LogP contribution is 2.41. The van der Waals surface area contributed by atoms with E-state index in [1.807, 2.05) is 0 Å². The topological polar surface area (TPSA) is 79.9 Å². The molecular weight excluding hydrogens is 488 g/mol. The number of carbonyl (C=O) groups excluding carboxylic acids is 1. The predicted octanol–water partition coefficient (Wildman–Crippen LogP) is 6.16. The van der Waals surface area contributed by atoms with Crippen LogP contribution in [0.4, 0.5) is 17.6 Å². The number of aromatic nitrogens is 2. The monoisotopic (exact) mass is 525 g/mol. The number of halogens is 4. The average Bonchev–Trinajstić information content (AvgIpc) is 3.18. The van der Waals surface area contributed by atoms with Crippen LogP contribution in [-0.2, 0) is 12.8 Å². The molecule has 1 aliphatic carbocycles. The van der Waals surface area contributed by atoms with Gasteiger partial charge in [-0.3, -0.25) is 9.36 Å². The van der Waals surface area contributed by atoms with Crippen LogP contribution in [0.3, 0.4) is 0 Å². The number of nitrogens with one attached hydrogen (secondary N) is 1. The van der Waals surface area contributed by atoms with Crippen molar-refractivity contribution in [2.45, 2.75) is 72.4 Å².